The standard InChI is InChI=1S/C16H16N2O3/c1-3-20-15-8-12(10-19)4-6-14(15)21-16-7-5-13(9-18-16)11(2)17/h4-10H,2-3,17H2,1H3. The van der Waals surface area contributed by atoms with Crippen LogP contribution < -0.4 is 15.2 Å². The molecule has 0 aliphatic carbocycles. The molecule has 2 rings (SSSR count). The van der Waals surface area contributed by atoms with Gasteiger partial charge in [0.25, 0.3) is 0 Å². The molecule has 0 amide bonds. The SMILES string of the molecule is C=C(N)c1ccc(Oc2ccc(C=O)cc2OCC)nc1. The summed E-state index contributed by atoms with van der Waals surface area (Å²) in [6.07, 6.45) is 2.34. The molecule has 0 unspecified atom stereocenters. The van der Waals surface area contributed by atoms with Crippen molar-refractivity contribution in [1.82, 2.24) is 4.98 Å². The Bertz CT molecular complexity index is 651. The topological polar surface area (TPSA) is 74.4 Å². The van der Waals surface area contributed by atoms with Gasteiger partial charge in [-0.3, -0.25) is 4.79 Å². The van der Waals surface area contributed by atoms with Crippen LogP contribution in [0.1, 0.15) is 22.8 Å². The summed E-state index contributed by atoms with van der Waals surface area (Å²) in [4.78, 5) is 15.0. The van der Waals surface area contributed by atoms with E-state index in [1.165, 1.54) is 0 Å². The van der Waals surface area contributed by atoms with E-state index >= 15 is 0 Å². The Morgan fingerprint density at radius 3 is 2.71 bits per heavy atom. The number of carbonyl (C=O) groups excluding carboxylic acids is 1. The molecule has 5 nitrogen and oxygen atoms in total. The number of ether oxygens (including phenoxy) is 2. The number of pyridine rings is 1. The second-order valence-electron chi connectivity index (χ2n) is 4.27. The largest absolute Gasteiger partial charge is 0.490 e. The van der Waals surface area contributed by atoms with Crippen LogP contribution in [0.5, 0.6) is 17.4 Å². The van der Waals surface area contributed by atoms with Gasteiger partial charge in [0.1, 0.15) is 6.29 Å². The summed E-state index contributed by atoms with van der Waals surface area (Å²) in [5, 5.41) is 0. The van der Waals surface area contributed by atoms with E-state index in [1.807, 2.05) is 6.92 Å². The number of hydrogen-bond donors (Lipinski definition) is 1. The number of rotatable bonds is 6. The fraction of sp³-hybridized carbons (Fsp3) is 0.125. The van der Waals surface area contributed by atoms with E-state index in [0.29, 0.717) is 35.2 Å². The Hall–Kier alpha value is -2.82. The number of nitrogens with two attached hydrogens (primary N) is 1. The van der Waals surface area contributed by atoms with Crippen LogP contribution in [0.25, 0.3) is 5.70 Å². The highest BCUT2D eigenvalue weighted by Crippen LogP contribution is 2.31. The molecule has 1 aromatic heterocycles. The number of carbonyl (C=O) groups is 1. The molecule has 0 spiro atoms. The molecule has 1 aromatic carbocycles. The molecule has 2 aromatic rings. The zero-order valence-electron chi connectivity index (χ0n) is 11.7. The van der Waals surface area contributed by atoms with Crippen molar-refractivity contribution < 1.29 is 14.3 Å². The van der Waals surface area contributed by atoms with Crippen molar-refractivity contribution in [3.63, 3.8) is 0 Å². The Morgan fingerprint density at radius 2 is 2.14 bits per heavy atom. The van der Waals surface area contributed by atoms with Crippen molar-refractivity contribution in [3.8, 4) is 17.4 Å². The van der Waals surface area contributed by atoms with E-state index in [9.17, 15) is 4.79 Å². The highest BCUT2D eigenvalue weighted by Gasteiger charge is 2.08. The zero-order chi connectivity index (χ0) is 15.2. The maximum Gasteiger partial charge on any atom is 0.219 e. The van der Waals surface area contributed by atoms with E-state index in [4.69, 9.17) is 15.2 Å². The fourth-order valence-electron chi connectivity index (χ4n) is 1.69. The summed E-state index contributed by atoms with van der Waals surface area (Å²) >= 11 is 0. The van der Waals surface area contributed by atoms with E-state index in [2.05, 4.69) is 11.6 Å². The average molecular weight is 284 g/mol. The third-order valence-corrected chi connectivity index (χ3v) is 2.73. The van der Waals surface area contributed by atoms with Crippen LogP contribution in [0.4, 0.5) is 0 Å². The molecule has 0 aliphatic rings. The zero-order valence-corrected chi connectivity index (χ0v) is 11.7. The molecule has 2 N–H and O–H groups in total. The molecule has 0 atom stereocenters. The van der Waals surface area contributed by atoms with Crippen molar-refractivity contribution in [2.24, 2.45) is 5.73 Å². The molecule has 1 heterocycles. The van der Waals surface area contributed by atoms with Gasteiger partial charge in [0.2, 0.25) is 5.88 Å². The molecule has 5 heteroatoms. The van der Waals surface area contributed by atoms with Gasteiger partial charge in [0.05, 0.1) is 6.61 Å². The molecular formula is C16H16N2O3. The molecular weight excluding hydrogens is 268 g/mol. The molecule has 108 valence electrons. The van der Waals surface area contributed by atoms with Gasteiger partial charge >= 0.3 is 0 Å². The first-order valence-electron chi connectivity index (χ1n) is 6.44. The Morgan fingerprint density at radius 1 is 1.33 bits per heavy atom. The number of nitrogens with zero attached hydrogens (tertiary/aromatic N) is 1. The third-order valence-electron chi connectivity index (χ3n) is 2.73. The van der Waals surface area contributed by atoms with Gasteiger partial charge in [0, 0.05) is 29.1 Å². The maximum absolute atomic E-state index is 10.8. The normalized spacial score (nSPS) is 9.95. The van der Waals surface area contributed by atoms with Gasteiger partial charge < -0.3 is 15.2 Å². The lowest BCUT2D eigenvalue weighted by molar-refractivity contribution is 0.112. The first-order valence-corrected chi connectivity index (χ1v) is 6.44. The van der Waals surface area contributed by atoms with Crippen LogP contribution >= 0.6 is 0 Å². The first kappa shape index (κ1) is 14.6. The van der Waals surface area contributed by atoms with E-state index in [-0.39, 0.29) is 0 Å². The Balaban J connectivity index is 2.25. The van der Waals surface area contributed by atoms with Crippen LogP contribution in [0, 0.1) is 0 Å². The second kappa shape index (κ2) is 6.56. The van der Waals surface area contributed by atoms with Crippen LogP contribution in [0.2, 0.25) is 0 Å². The van der Waals surface area contributed by atoms with Gasteiger partial charge in [-0.05, 0) is 31.2 Å². The number of benzene rings is 1. The first-order chi connectivity index (χ1) is 10.1. The summed E-state index contributed by atoms with van der Waals surface area (Å²) in [5.41, 5.74) is 7.29. The van der Waals surface area contributed by atoms with E-state index in [1.54, 1.807) is 36.5 Å². The van der Waals surface area contributed by atoms with Crippen LogP contribution in [-0.2, 0) is 0 Å². The predicted molar refractivity (Wildman–Crippen MR) is 80.5 cm³/mol. The predicted octanol–water partition coefficient (Wildman–Crippen LogP) is 3.01. The molecule has 0 fully saturated rings. The van der Waals surface area contributed by atoms with E-state index in [0.717, 1.165) is 11.8 Å². The van der Waals surface area contributed by atoms with Crippen LogP contribution in [0.15, 0.2) is 43.1 Å². The minimum absolute atomic E-state index is 0.403. The average Bonchev–Trinajstić information content (AvgIpc) is 2.49. The van der Waals surface area contributed by atoms with Gasteiger partial charge in [-0.1, -0.05) is 6.58 Å². The highest BCUT2D eigenvalue weighted by molar-refractivity contribution is 5.76. The smallest absolute Gasteiger partial charge is 0.219 e. The van der Waals surface area contributed by atoms with Crippen molar-refractivity contribution in [3.05, 3.63) is 54.2 Å². The minimum atomic E-state index is 0.403. The molecule has 0 bridgehead atoms. The number of aldehydes is 1. The minimum Gasteiger partial charge on any atom is -0.490 e. The number of hydrogen-bond acceptors (Lipinski definition) is 5. The molecule has 0 saturated heterocycles. The van der Waals surface area contributed by atoms with Crippen molar-refractivity contribution >= 4 is 12.0 Å². The molecule has 0 saturated carbocycles. The van der Waals surface area contributed by atoms with Gasteiger partial charge in [-0.2, -0.15) is 0 Å². The van der Waals surface area contributed by atoms with Crippen molar-refractivity contribution in [2.45, 2.75) is 6.92 Å². The molecule has 0 aliphatic heterocycles. The summed E-state index contributed by atoms with van der Waals surface area (Å²) < 4.78 is 11.1. The Labute approximate surface area is 123 Å². The quantitative estimate of drug-likeness (QED) is 0.825. The lowest BCUT2D eigenvalue weighted by Gasteiger charge is -2.11. The van der Waals surface area contributed by atoms with Crippen molar-refractivity contribution in [1.29, 1.82) is 0 Å². The maximum atomic E-state index is 10.8. The lowest BCUT2D eigenvalue weighted by atomic mass is 10.2. The highest BCUT2D eigenvalue weighted by atomic mass is 16.5. The van der Waals surface area contributed by atoms with E-state index < -0.39 is 0 Å². The Kier molecular flexibility index (Phi) is 4.56. The lowest BCUT2D eigenvalue weighted by Crippen LogP contribution is -1.98. The summed E-state index contributed by atoms with van der Waals surface area (Å²) in [6.45, 7) is 5.97. The van der Waals surface area contributed by atoms with Gasteiger partial charge in [0.15, 0.2) is 11.5 Å². The molecule has 21 heavy (non-hydrogen) atoms. The van der Waals surface area contributed by atoms with Crippen LogP contribution in [0.3, 0.4) is 0 Å². The monoisotopic (exact) mass is 284 g/mol. The van der Waals surface area contributed by atoms with Crippen LogP contribution in [-0.4, -0.2) is 17.9 Å². The van der Waals surface area contributed by atoms with Crippen molar-refractivity contribution in [2.75, 3.05) is 6.61 Å². The molecule has 0 radical (unpaired) electrons. The third kappa shape index (κ3) is 3.60. The van der Waals surface area contributed by atoms with Gasteiger partial charge in [-0.15, -0.1) is 0 Å². The summed E-state index contributed by atoms with van der Waals surface area (Å²) in [6, 6.07) is 8.41. The second-order valence-corrected chi connectivity index (χ2v) is 4.27. The fourth-order valence-corrected chi connectivity index (χ4v) is 1.69. The van der Waals surface area contributed by atoms with Gasteiger partial charge in [-0.25, -0.2) is 4.98 Å². The summed E-state index contributed by atoms with van der Waals surface area (Å²) in [5.74, 6) is 1.39. The number of aromatic nitrogens is 1. The summed E-state index contributed by atoms with van der Waals surface area (Å²) in [7, 11) is 0.